The van der Waals surface area contributed by atoms with Crippen molar-refractivity contribution in [1.29, 1.82) is 0 Å². The van der Waals surface area contributed by atoms with Gasteiger partial charge >= 0.3 is 11.9 Å². The van der Waals surface area contributed by atoms with E-state index < -0.39 is 60.2 Å². The van der Waals surface area contributed by atoms with Crippen molar-refractivity contribution in [2.24, 2.45) is 34.0 Å². The minimum atomic E-state index is -1.47. The number of nitrogens with zero attached hydrogens (tertiary/aromatic N) is 1. The SMILES string of the molecule is CC(C)CC(N)C(=O)NC(CC(C)C)C(=O)NC(CCCN=C(N)N)C(=O)NC(CCC(=O)O)C(=O)O. The molecule has 3 amide bonds. The lowest BCUT2D eigenvalue weighted by Gasteiger charge is -2.26. The molecule has 0 bridgehead atoms. The molecular weight excluding hydrogens is 486 g/mol. The van der Waals surface area contributed by atoms with Gasteiger partial charge in [-0.2, -0.15) is 0 Å². The second-order valence-corrected chi connectivity index (χ2v) is 9.77. The number of nitrogens with two attached hydrogens (primary N) is 3. The number of carboxylic acid groups (broad SMARTS) is 2. The van der Waals surface area contributed by atoms with Crippen LogP contribution < -0.4 is 33.2 Å². The van der Waals surface area contributed by atoms with Crippen molar-refractivity contribution in [2.75, 3.05) is 6.54 Å². The summed E-state index contributed by atoms with van der Waals surface area (Å²) in [6.07, 6.45) is 0.191. The van der Waals surface area contributed by atoms with Crippen molar-refractivity contribution in [3.63, 3.8) is 0 Å². The molecule has 0 fully saturated rings. The number of carbonyl (C=O) groups excluding carboxylic acids is 3. The molecule has 37 heavy (non-hydrogen) atoms. The summed E-state index contributed by atoms with van der Waals surface area (Å²) in [7, 11) is 0. The second-order valence-electron chi connectivity index (χ2n) is 9.77. The molecule has 0 heterocycles. The quantitative estimate of drug-likeness (QED) is 0.0601. The van der Waals surface area contributed by atoms with Crippen molar-refractivity contribution < 1.29 is 34.2 Å². The van der Waals surface area contributed by atoms with Crippen LogP contribution in [-0.4, -0.2) is 76.5 Å². The first-order valence-electron chi connectivity index (χ1n) is 12.3. The van der Waals surface area contributed by atoms with E-state index in [9.17, 15) is 29.1 Å². The number of aliphatic imine (C=N–C) groups is 1. The van der Waals surface area contributed by atoms with E-state index in [0.717, 1.165) is 0 Å². The van der Waals surface area contributed by atoms with Gasteiger partial charge < -0.3 is 43.4 Å². The van der Waals surface area contributed by atoms with Gasteiger partial charge in [-0.1, -0.05) is 27.7 Å². The highest BCUT2D eigenvalue weighted by Crippen LogP contribution is 2.09. The highest BCUT2D eigenvalue weighted by Gasteiger charge is 2.30. The fourth-order valence-electron chi connectivity index (χ4n) is 3.44. The molecule has 0 saturated carbocycles. The highest BCUT2D eigenvalue weighted by atomic mass is 16.4. The lowest BCUT2D eigenvalue weighted by molar-refractivity contribution is -0.143. The molecule has 0 spiro atoms. The summed E-state index contributed by atoms with van der Waals surface area (Å²) in [6, 6.07) is -4.46. The first-order valence-corrected chi connectivity index (χ1v) is 12.3. The molecule has 0 aliphatic rings. The number of rotatable bonds is 18. The monoisotopic (exact) mass is 529 g/mol. The summed E-state index contributed by atoms with van der Waals surface area (Å²) in [6.45, 7) is 7.70. The van der Waals surface area contributed by atoms with Gasteiger partial charge in [-0.15, -0.1) is 0 Å². The molecule has 0 saturated heterocycles. The Morgan fingerprint density at radius 2 is 1.27 bits per heavy atom. The first kappa shape index (κ1) is 33.6. The fourth-order valence-corrected chi connectivity index (χ4v) is 3.44. The molecule has 14 nitrogen and oxygen atoms in total. The summed E-state index contributed by atoms with van der Waals surface area (Å²) in [4.78, 5) is 64.8. The van der Waals surface area contributed by atoms with Gasteiger partial charge in [0.15, 0.2) is 5.96 Å². The summed E-state index contributed by atoms with van der Waals surface area (Å²) < 4.78 is 0. The van der Waals surface area contributed by atoms with Gasteiger partial charge in [-0.05, 0) is 43.9 Å². The predicted octanol–water partition coefficient (Wildman–Crippen LogP) is -1.14. The lowest BCUT2D eigenvalue weighted by Crippen LogP contribution is -2.57. The molecular formula is C23H43N7O7. The van der Waals surface area contributed by atoms with Crippen LogP contribution in [0.4, 0.5) is 0 Å². The number of carboxylic acids is 2. The Hall–Kier alpha value is -3.42. The molecule has 0 radical (unpaired) electrons. The van der Waals surface area contributed by atoms with Gasteiger partial charge in [-0.3, -0.25) is 24.2 Å². The van der Waals surface area contributed by atoms with Gasteiger partial charge in [0.1, 0.15) is 18.1 Å². The minimum Gasteiger partial charge on any atom is -0.481 e. The summed E-state index contributed by atoms with van der Waals surface area (Å²) >= 11 is 0. The van der Waals surface area contributed by atoms with E-state index >= 15 is 0 Å². The largest absolute Gasteiger partial charge is 0.481 e. The Morgan fingerprint density at radius 3 is 1.76 bits per heavy atom. The number of aliphatic carboxylic acids is 2. The van der Waals surface area contributed by atoms with Gasteiger partial charge in [0.25, 0.3) is 0 Å². The van der Waals surface area contributed by atoms with Crippen LogP contribution in [0.5, 0.6) is 0 Å². The van der Waals surface area contributed by atoms with Gasteiger partial charge in [-0.25, -0.2) is 4.79 Å². The van der Waals surface area contributed by atoms with Crippen molar-refractivity contribution >= 4 is 35.6 Å². The molecule has 0 aliphatic carbocycles. The molecule has 4 unspecified atom stereocenters. The lowest BCUT2D eigenvalue weighted by atomic mass is 10.00. The van der Waals surface area contributed by atoms with Crippen molar-refractivity contribution in [2.45, 2.75) is 90.4 Å². The number of carbonyl (C=O) groups is 5. The van der Waals surface area contributed by atoms with E-state index in [0.29, 0.717) is 6.42 Å². The molecule has 11 N–H and O–H groups in total. The van der Waals surface area contributed by atoms with Crippen LogP contribution >= 0.6 is 0 Å². The zero-order valence-electron chi connectivity index (χ0n) is 22.0. The summed E-state index contributed by atoms with van der Waals surface area (Å²) in [5.41, 5.74) is 16.6. The van der Waals surface area contributed by atoms with Crippen LogP contribution in [0.25, 0.3) is 0 Å². The number of amides is 3. The Morgan fingerprint density at radius 1 is 0.757 bits per heavy atom. The van der Waals surface area contributed by atoms with E-state index in [1.807, 2.05) is 27.7 Å². The average Bonchev–Trinajstić information content (AvgIpc) is 2.76. The summed E-state index contributed by atoms with van der Waals surface area (Å²) in [5, 5.41) is 25.7. The van der Waals surface area contributed by atoms with Crippen LogP contribution in [0.3, 0.4) is 0 Å². The second kappa shape index (κ2) is 17.1. The zero-order chi connectivity index (χ0) is 28.7. The number of guanidine groups is 1. The zero-order valence-corrected chi connectivity index (χ0v) is 22.0. The number of nitrogens with one attached hydrogen (secondary N) is 3. The third-order valence-electron chi connectivity index (χ3n) is 5.24. The van der Waals surface area contributed by atoms with Crippen LogP contribution in [-0.2, 0) is 24.0 Å². The molecule has 0 aromatic carbocycles. The Kier molecular flexibility index (Phi) is 15.5. The minimum absolute atomic E-state index is 0.0129. The molecule has 0 aromatic heterocycles. The maximum Gasteiger partial charge on any atom is 0.326 e. The van der Waals surface area contributed by atoms with Crippen molar-refractivity contribution in [1.82, 2.24) is 16.0 Å². The van der Waals surface area contributed by atoms with Gasteiger partial charge in [0, 0.05) is 13.0 Å². The molecule has 0 rings (SSSR count). The average molecular weight is 530 g/mol. The van der Waals surface area contributed by atoms with Gasteiger partial charge in [0.05, 0.1) is 6.04 Å². The van der Waals surface area contributed by atoms with E-state index in [2.05, 4.69) is 20.9 Å². The Labute approximate surface area is 217 Å². The number of hydrogen-bond donors (Lipinski definition) is 8. The van der Waals surface area contributed by atoms with Crippen LogP contribution in [0.15, 0.2) is 4.99 Å². The van der Waals surface area contributed by atoms with Crippen molar-refractivity contribution in [3.8, 4) is 0 Å². The van der Waals surface area contributed by atoms with Crippen LogP contribution in [0.1, 0.15) is 66.2 Å². The van der Waals surface area contributed by atoms with E-state index in [1.54, 1.807) is 0 Å². The standard InChI is InChI=1S/C23H43N7O7/c1-12(2)10-14(24)19(33)30-17(11-13(3)4)21(35)28-15(6-5-9-27-23(25)26)20(34)29-16(22(36)37)7-8-18(31)32/h12-17H,5-11,24H2,1-4H3,(H,28,35)(H,29,34)(H,30,33)(H,31,32)(H,36,37)(H4,25,26,27). The maximum atomic E-state index is 13.1. The Balaban J connectivity index is 5.66. The fraction of sp³-hybridized carbons (Fsp3) is 0.739. The molecule has 4 atom stereocenters. The van der Waals surface area contributed by atoms with Crippen LogP contribution in [0.2, 0.25) is 0 Å². The molecule has 212 valence electrons. The third kappa shape index (κ3) is 15.3. The maximum absolute atomic E-state index is 13.1. The Bertz CT molecular complexity index is 813. The summed E-state index contributed by atoms with van der Waals surface area (Å²) in [5.74, 6) is -4.56. The molecule has 0 aliphatic heterocycles. The smallest absolute Gasteiger partial charge is 0.326 e. The van der Waals surface area contributed by atoms with Crippen molar-refractivity contribution in [3.05, 3.63) is 0 Å². The van der Waals surface area contributed by atoms with E-state index in [4.69, 9.17) is 22.3 Å². The van der Waals surface area contributed by atoms with E-state index in [-0.39, 0.29) is 50.0 Å². The predicted molar refractivity (Wildman–Crippen MR) is 137 cm³/mol. The third-order valence-corrected chi connectivity index (χ3v) is 5.24. The normalized spacial score (nSPS) is 14.2. The van der Waals surface area contributed by atoms with Gasteiger partial charge in [0.2, 0.25) is 17.7 Å². The molecule has 0 aromatic rings. The van der Waals surface area contributed by atoms with E-state index in [1.165, 1.54) is 0 Å². The molecule has 14 heteroatoms. The van der Waals surface area contributed by atoms with Crippen LogP contribution in [0, 0.1) is 11.8 Å². The highest BCUT2D eigenvalue weighted by molar-refractivity contribution is 5.94. The topological polar surface area (TPSA) is 252 Å². The first-order chi connectivity index (χ1) is 17.1. The number of hydrogen-bond acceptors (Lipinski definition) is 7.